The number of anilines is 1. The van der Waals surface area contributed by atoms with Gasteiger partial charge in [0.15, 0.2) is 0 Å². The van der Waals surface area contributed by atoms with Gasteiger partial charge in [-0.15, -0.1) is 11.3 Å². The van der Waals surface area contributed by atoms with Crippen molar-refractivity contribution in [2.45, 2.75) is 13.0 Å². The first-order chi connectivity index (χ1) is 12.5. The first kappa shape index (κ1) is 19.7. The van der Waals surface area contributed by atoms with Crippen LogP contribution in [0.5, 0.6) is 11.5 Å². The first-order valence-electron chi connectivity index (χ1n) is 7.88. The number of carbonyl (C=O) groups excluding carboxylic acids is 2. The number of carbonyl (C=O) groups is 2. The number of rotatable bonds is 7. The second kappa shape index (κ2) is 9.21. The number of hydrogen-bond donors (Lipinski definition) is 2. The zero-order valence-electron chi connectivity index (χ0n) is 15.1. The van der Waals surface area contributed by atoms with Crippen molar-refractivity contribution in [2.75, 3.05) is 33.2 Å². The number of thiophene rings is 1. The van der Waals surface area contributed by atoms with Crippen molar-refractivity contribution >= 4 is 28.8 Å². The van der Waals surface area contributed by atoms with E-state index in [0.29, 0.717) is 17.2 Å². The molecule has 0 spiro atoms. The van der Waals surface area contributed by atoms with E-state index < -0.39 is 11.8 Å². The Bertz CT molecular complexity index is 775. The van der Waals surface area contributed by atoms with Gasteiger partial charge >= 0.3 is 11.8 Å². The van der Waals surface area contributed by atoms with Crippen LogP contribution < -0.4 is 20.1 Å². The molecule has 2 aromatic rings. The van der Waals surface area contributed by atoms with E-state index in [2.05, 4.69) is 10.6 Å². The maximum atomic E-state index is 12.1. The molecule has 2 rings (SSSR count). The smallest absolute Gasteiger partial charge is 0.313 e. The number of ether oxygens (including phenoxy) is 3. The lowest BCUT2D eigenvalue weighted by atomic mass is 10.2. The van der Waals surface area contributed by atoms with Crippen LogP contribution in [0.3, 0.4) is 0 Å². The molecule has 2 N–H and O–H groups in total. The number of aryl methyl sites for hydroxylation is 1. The van der Waals surface area contributed by atoms with Gasteiger partial charge in [0.1, 0.15) is 17.6 Å². The Hall–Kier alpha value is -2.58. The molecule has 8 heteroatoms. The van der Waals surface area contributed by atoms with Gasteiger partial charge in [-0.3, -0.25) is 9.59 Å². The van der Waals surface area contributed by atoms with E-state index in [1.807, 2.05) is 19.1 Å². The summed E-state index contributed by atoms with van der Waals surface area (Å²) < 4.78 is 15.7. The van der Waals surface area contributed by atoms with E-state index in [1.54, 1.807) is 36.6 Å². The molecule has 0 aliphatic carbocycles. The summed E-state index contributed by atoms with van der Waals surface area (Å²) in [6.07, 6.45) is -0.305. The Kier molecular flexibility index (Phi) is 6.99. The molecule has 0 saturated carbocycles. The molecule has 0 bridgehead atoms. The number of hydrogen-bond acceptors (Lipinski definition) is 6. The van der Waals surface area contributed by atoms with Gasteiger partial charge in [-0.25, -0.2) is 0 Å². The molecule has 1 atom stereocenters. The normalized spacial score (nSPS) is 11.5. The molecule has 0 aliphatic heterocycles. The fourth-order valence-electron chi connectivity index (χ4n) is 2.27. The highest BCUT2D eigenvalue weighted by Crippen LogP contribution is 2.29. The molecular weight excluding hydrogens is 356 g/mol. The number of benzene rings is 1. The molecule has 0 fully saturated rings. The van der Waals surface area contributed by atoms with E-state index in [1.165, 1.54) is 14.2 Å². The van der Waals surface area contributed by atoms with E-state index in [9.17, 15) is 9.59 Å². The summed E-state index contributed by atoms with van der Waals surface area (Å²) in [6, 6.07) is 8.82. The fraction of sp³-hybridized carbons (Fsp3) is 0.333. The van der Waals surface area contributed by atoms with E-state index in [-0.39, 0.29) is 12.6 Å². The van der Waals surface area contributed by atoms with Crippen molar-refractivity contribution in [2.24, 2.45) is 0 Å². The van der Waals surface area contributed by atoms with Crippen LogP contribution in [0.2, 0.25) is 0 Å². The summed E-state index contributed by atoms with van der Waals surface area (Å²) in [5, 5.41) is 5.12. The monoisotopic (exact) mass is 378 g/mol. The van der Waals surface area contributed by atoms with Crippen molar-refractivity contribution in [3.63, 3.8) is 0 Å². The lowest BCUT2D eigenvalue weighted by Crippen LogP contribution is -2.37. The molecule has 2 amide bonds. The lowest BCUT2D eigenvalue weighted by Gasteiger charge is -2.15. The molecule has 0 aliphatic rings. The molecule has 1 heterocycles. The molecule has 7 nitrogen and oxygen atoms in total. The second-order valence-corrected chi connectivity index (χ2v) is 6.72. The van der Waals surface area contributed by atoms with Gasteiger partial charge in [-0.1, -0.05) is 0 Å². The first-order valence-corrected chi connectivity index (χ1v) is 8.70. The molecular formula is C18H22N2O5S. The number of nitrogens with one attached hydrogen (secondary N) is 2. The van der Waals surface area contributed by atoms with Gasteiger partial charge in [0, 0.05) is 29.5 Å². The van der Waals surface area contributed by atoms with Crippen LogP contribution in [-0.4, -0.2) is 39.7 Å². The van der Waals surface area contributed by atoms with E-state index in [0.717, 1.165) is 9.75 Å². The molecule has 26 heavy (non-hydrogen) atoms. The van der Waals surface area contributed by atoms with Crippen molar-refractivity contribution in [3.05, 3.63) is 40.1 Å². The van der Waals surface area contributed by atoms with Crippen molar-refractivity contribution in [1.29, 1.82) is 0 Å². The quantitative estimate of drug-likeness (QED) is 0.723. The molecule has 140 valence electrons. The zero-order valence-corrected chi connectivity index (χ0v) is 15.9. The van der Waals surface area contributed by atoms with Crippen LogP contribution in [0.15, 0.2) is 30.3 Å². The largest absolute Gasteiger partial charge is 0.497 e. The van der Waals surface area contributed by atoms with Gasteiger partial charge in [0.2, 0.25) is 0 Å². The number of amides is 2. The Morgan fingerprint density at radius 1 is 1.08 bits per heavy atom. The maximum absolute atomic E-state index is 12.1. The average molecular weight is 378 g/mol. The predicted molar refractivity (Wildman–Crippen MR) is 100.0 cm³/mol. The van der Waals surface area contributed by atoms with Crippen LogP contribution in [0.4, 0.5) is 5.69 Å². The van der Waals surface area contributed by atoms with Crippen LogP contribution in [0, 0.1) is 6.92 Å². The predicted octanol–water partition coefficient (Wildman–Crippen LogP) is 2.52. The third kappa shape index (κ3) is 4.96. The second-order valence-electron chi connectivity index (χ2n) is 5.40. The fourth-order valence-corrected chi connectivity index (χ4v) is 3.23. The summed E-state index contributed by atoms with van der Waals surface area (Å²) >= 11 is 1.59. The Morgan fingerprint density at radius 3 is 2.42 bits per heavy atom. The molecule has 1 unspecified atom stereocenters. The Balaban J connectivity index is 1.96. The zero-order chi connectivity index (χ0) is 19.1. The number of methoxy groups -OCH3 is 3. The molecule has 1 aromatic heterocycles. The van der Waals surface area contributed by atoms with Gasteiger partial charge in [0.05, 0.1) is 19.9 Å². The van der Waals surface area contributed by atoms with Gasteiger partial charge in [-0.05, 0) is 31.2 Å². The third-order valence-corrected chi connectivity index (χ3v) is 4.77. The highest BCUT2D eigenvalue weighted by molar-refractivity contribution is 7.12. The Morgan fingerprint density at radius 2 is 1.85 bits per heavy atom. The third-order valence-electron chi connectivity index (χ3n) is 3.67. The van der Waals surface area contributed by atoms with Crippen LogP contribution in [0.1, 0.15) is 15.9 Å². The minimum Gasteiger partial charge on any atom is -0.497 e. The summed E-state index contributed by atoms with van der Waals surface area (Å²) in [7, 11) is 4.56. The summed E-state index contributed by atoms with van der Waals surface area (Å²) in [5.41, 5.74) is 0.380. The van der Waals surface area contributed by atoms with Crippen molar-refractivity contribution in [3.8, 4) is 11.5 Å². The van der Waals surface area contributed by atoms with Gasteiger partial charge < -0.3 is 24.8 Å². The summed E-state index contributed by atoms with van der Waals surface area (Å²) in [5.74, 6) is -0.559. The SMILES string of the molecule is COc1ccc(NC(=O)C(=O)NCC(OC)c2ccc(C)s2)c(OC)c1. The Labute approximate surface area is 156 Å². The minimum atomic E-state index is -0.786. The van der Waals surface area contributed by atoms with Crippen LogP contribution >= 0.6 is 11.3 Å². The van der Waals surface area contributed by atoms with E-state index in [4.69, 9.17) is 14.2 Å². The maximum Gasteiger partial charge on any atom is 0.313 e. The average Bonchev–Trinajstić information content (AvgIpc) is 3.08. The van der Waals surface area contributed by atoms with Gasteiger partial charge in [-0.2, -0.15) is 0 Å². The van der Waals surface area contributed by atoms with E-state index >= 15 is 0 Å². The molecule has 0 radical (unpaired) electrons. The highest BCUT2D eigenvalue weighted by atomic mass is 32.1. The standard InChI is InChI=1S/C18H22N2O5S/c1-11-5-8-16(26-11)15(25-4)10-19-17(21)18(22)20-13-7-6-12(23-2)9-14(13)24-3/h5-9,15H,10H2,1-4H3,(H,19,21)(H,20,22). The summed E-state index contributed by atoms with van der Waals surface area (Å²) in [4.78, 5) is 26.4. The van der Waals surface area contributed by atoms with Crippen LogP contribution in [-0.2, 0) is 14.3 Å². The summed E-state index contributed by atoms with van der Waals surface area (Å²) in [6.45, 7) is 2.19. The minimum absolute atomic E-state index is 0.197. The van der Waals surface area contributed by atoms with Crippen molar-refractivity contribution < 1.29 is 23.8 Å². The van der Waals surface area contributed by atoms with Gasteiger partial charge in [0.25, 0.3) is 0 Å². The highest BCUT2D eigenvalue weighted by Gasteiger charge is 2.19. The van der Waals surface area contributed by atoms with Crippen LogP contribution in [0.25, 0.3) is 0 Å². The topological polar surface area (TPSA) is 85.9 Å². The lowest BCUT2D eigenvalue weighted by molar-refractivity contribution is -0.136. The molecule has 1 aromatic carbocycles. The molecule has 0 saturated heterocycles. The van der Waals surface area contributed by atoms with Crippen molar-refractivity contribution in [1.82, 2.24) is 5.32 Å².